The van der Waals surface area contributed by atoms with Crippen LogP contribution in [0, 0.1) is 11.7 Å². The van der Waals surface area contributed by atoms with E-state index in [0.29, 0.717) is 31.4 Å². The number of halogens is 2. The van der Waals surface area contributed by atoms with Gasteiger partial charge in [-0.3, -0.25) is 14.4 Å². The number of anilines is 1. The third-order valence-electron chi connectivity index (χ3n) is 5.62. The fourth-order valence-electron chi connectivity index (χ4n) is 3.70. The number of benzene rings is 1. The topological polar surface area (TPSA) is 116 Å². The summed E-state index contributed by atoms with van der Waals surface area (Å²) in [6.45, 7) is 0. The van der Waals surface area contributed by atoms with E-state index in [1.165, 1.54) is 18.5 Å². The number of amides is 3. The van der Waals surface area contributed by atoms with E-state index in [4.69, 9.17) is 11.6 Å². The second-order valence-corrected chi connectivity index (χ2v) is 8.42. The molecular formula is C21H23ClFN5O3. The van der Waals surface area contributed by atoms with Crippen molar-refractivity contribution in [2.45, 2.75) is 50.6 Å². The number of H-pyrrole nitrogens is 1. The predicted molar refractivity (Wildman–Crippen MR) is 112 cm³/mol. The number of rotatable bonds is 6. The number of nitrogens with zero attached hydrogens (tertiary/aromatic N) is 1. The number of hydrogen-bond acceptors (Lipinski definition) is 4. The van der Waals surface area contributed by atoms with E-state index in [0.717, 1.165) is 18.9 Å². The van der Waals surface area contributed by atoms with Crippen molar-refractivity contribution in [3.63, 3.8) is 0 Å². The van der Waals surface area contributed by atoms with Crippen molar-refractivity contribution in [1.29, 1.82) is 0 Å². The third-order valence-corrected chi connectivity index (χ3v) is 5.93. The molecular weight excluding hydrogens is 425 g/mol. The van der Waals surface area contributed by atoms with Crippen LogP contribution in [-0.4, -0.2) is 39.8 Å². The predicted octanol–water partition coefficient (Wildman–Crippen LogP) is 3.02. The molecule has 4 N–H and O–H groups in total. The first kappa shape index (κ1) is 21.3. The standard InChI is InChI=1S/C21H23ClFN5O3/c22-15-9-12(23)3-8-16(15)28-19(29)11-1-4-13(5-2-11)26-20(30)17-18(25-10-24-17)21(31)27-14-6-7-14/h3,8-11,13-14H,1-2,4-7H2,(H,24,25)(H,26,30)(H,27,31)(H,28,29)/t11-,13-. The molecule has 0 unspecified atom stereocenters. The molecule has 31 heavy (non-hydrogen) atoms. The van der Waals surface area contributed by atoms with Crippen molar-refractivity contribution in [2.75, 3.05) is 5.32 Å². The zero-order valence-corrected chi connectivity index (χ0v) is 17.5. The van der Waals surface area contributed by atoms with Gasteiger partial charge in [0.2, 0.25) is 5.91 Å². The van der Waals surface area contributed by atoms with E-state index in [1.54, 1.807) is 0 Å². The Balaban J connectivity index is 1.28. The molecule has 3 amide bonds. The lowest BCUT2D eigenvalue weighted by atomic mass is 9.85. The molecule has 2 aliphatic rings. The molecule has 2 saturated carbocycles. The molecule has 8 nitrogen and oxygen atoms in total. The van der Waals surface area contributed by atoms with Gasteiger partial charge < -0.3 is 20.9 Å². The summed E-state index contributed by atoms with van der Waals surface area (Å²) in [6, 6.07) is 3.89. The molecule has 0 radical (unpaired) electrons. The lowest BCUT2D eigenvalue weighted by molar-refractivity contribution is -0.120. The fraction of sp³-hybridized carbons (Fsp3) is 0.429. The molecule has 0 spiro atoms. The maximum atomic E-state index is 13.2. The van der Waals surface area contributed by atoms with E-state index in [2.05, 4.69) is 25.9 Å². The Labute approximate surface area is 183 Å². The average molecular weight is 448 g/mol. The van der Waals surface area contributed by atoms with Crippen LogP contribution in [0.5, 0.6) is 0 Å². The molecule has 0 saturated heterocycles. The van der Waals surface area contributed by atoms with Gasteiger partial charge in [0.1, 0.15) is 11.5 Å². The summed E-state index contributed by atoms with van der Waals surface area (Å²) >= 11 is 5.97. The van der Waals surface area contributed by atoms with Crippen LogP contribution in [0.25, 0.3) is 0 Å². The van der Waals surface area contributed by atoms with Crippen LogP contribution < -0.4 is 16.0 Å². The van der Waals surface area contributed by atoms with Crippen LogP contribution >= 0.6 is 11.6 Å². The van der Waals surface area contributed by atoms with Gasteiger partial charge in [-0.1, -0.05) is 11.6 Å². The molecule has 2 aromatic rings. The van der Waals surface area contributed by atoms with E-state index in [-0.39, 0.29) is 52.1 Å². The van der Waals surface area contributed by atoms with Gasteiger partial charge in [0.25, 0.3) is 11.8 Å². The number of aromatic amines is 1. The van der Waals surface area contributed by atoms with Gasteiger partial charge in [-0.15, -0.1) is 0 Å². The molecule has 1 aromatic carbocycles. The van der Waals surface area contributed by atoms with Gasteiger partial charge in [-0.05, 0) is 56.7 Å². The van der Waals surface area contributed by atoms with E-state index in [9.17, 15) is 18.8 Å². The molecule has 0 bridgehead atoms. The summed E-state index contributed by atoms with van der Waals surface area (Å²) in [4.78, 5) is 44.1. The van der Waals surface area contributed by atoms with Crippen LogP contribution in [0.4, 0.5) is 10.1 Å². The maximum absolute atomic E-state index is 13.2. The highest BCUT2D eigenvalue weighted by atomic mass is 35.5. The molecule has 0 atom stereocenters. The molecule has 1 aromatic heterocycles. The number of aromatic nitrogens is 2. The van der Waals surface area contributed by atoms with Gasteiger partial charge in [-0.25, -0.2) is 9.37 Å². The van der Waals surface area contributed by atoms with Gasteiger partial charge in [-0.2, -0.15) is 0 Å². The minimum atomic E-state index is -0.468. The van der Waals surface area contributed by atoms with Gasteiger partial charge >= 0.3 is 0 Å². The summed E-state index contributed by atoms with van der Waals surface area (Å²) < 4.78 is 13.2. The minimum absolute atomic E-state index is 0.0913. The summed E-state index contributed by atoms with van der Waals surface area (Å²) in [6.07, 6.45) is 5.65. The molecule has 10 heteroatoms. The molecule has 0 aliphatic heterocycles. The minimum Gasteiger partial charge on any atom is -0.348 e. The Morgan fingerprint density at radius 3 is 2.29 bits per heavy atom. The van der Waals surface area contributed by atoms with E-state index in [1.807, 2.05) is 0 Å². The Morgan fingerprint density at radius 1 is 1.00 bits per heavy atom. The van der Waals surface area contributed by atoms with Crippen molar-refractivity contribution in [3.8, 4) is 0 Å². The smallest absolute Gasteiger partial charge is 0.272 e. The van der Waals surface area contributed by atoms with Crippen molar-refractivity contribution >= 4 is 35.0 Å². The van der Waals surface area contributed by atoms with Gasteiger partial charge in [0, 0.05) is 18.0 Å². The monoisotopic (exact) mass is 447 g/mol. The van der Waals surface area contributed by atoms with Crippen molar-refractivity contribution in [2.24, 2.45) is 5.92 Å². The molecule has 4 rings (SSSR count). The summed E-state index contributed by atoms with van der Waals surface area (Å²) in [5.41, 5.74) is 0.609. The second-order valence-electron chi connectivity index (χ2n) is 8.01. The molecule has 2 fully saturated rings. The fourth-order valence-corrected chi connectivity index (χ4v) is 3.92. The number of imidazole rings is 1. The highest BCUT2D eigenvalue weighted by Gasteiger charge is 2.30. The van der Waals surface area contributed by atoms with Crippen molar-refractivity contribution in [1.82, 2.24) is 20.6 Å². The average Bonchev–Trinajstić information content (AvgIpc) is 3.41. The largest absolute Gasteiger partial charge is 0.348 e. The van der Waals surface area contributed by atoms with Crippen LogP contribution in [0.2, 0.25) is 5.02 Å². The Hall–Kier alpha value is -2.94. The van der Waals surface area contributed by atoms with Crippen LogP contribution in [0.3, 0.4) is 0 Å². The first-order valence-electron chi connectivity index (χ1n) is 10.3. The summed E-state index contributed by atoms with van der Waals surface area (Å²) in [7, 11) is 0. The quantitative estimate of drug-likeness (QED) is 0.544. The first-order valence-corrected chi connectivity index (χ1v) is 10.7. The number of nitrogens with one attached hydrogen (secondary N) is 4. The Morgan fingerprint density at radius 2 is 1.65 bits per heavy atom. The van der Waals surface area contributed by atoms with E-state index >= 15 is 0 Å². The second kappa shape index (κ2) is 9.05. The summed E-state index contributed by atoms with van der Waals surface area (Å²) in [5.74, 6) is -1.60. The Bertz CT molecular complexity index is 999. The van der Waals surface area contributed by atoms with Crippen LogP contribution in [-0.2, 0) is 4.79 Å². The number of carbonyl (C=O) groups is 3. The van der Waals surface area contributed by atoms with Gasteiger partial charge in [0.05, 0.1) is 17.0 Å². The maximum Gasteiger partial charge on any atom is 0.272 e. The molecule has 2 aliphatic carbocycles. The highest BCUT2D eigenvalue weighted by Crippen LogP contribution is 2.28. The van der Waals surface area contributed by atoms with Crippen LogP contribution in [0.15, 0.2) is 24.5 Å². The number of hydrogen-bond donors (Lipinski definition) is 4. The number of carbonyl (C=O) groups excluding carboxylic acids is 3. The molecule has 164 valence electrons. The lowest BCUT2D eigenvalue weighted by Gasteiger charge is -2.28. The summed E-state index contributed by atoms with van der Waals surface area (Å²) in [5, 5.41) is 8.64. The Kier molecular flexibility index (Phi) is 6.22. The first-order chi connectivity index (χ1) is 14.9. The van der Waals surface area contributed by atoms with E-state index < -0.39 is 5.82 Å². The third kappa shape index (κ3) is 5.22. The van der Waals surface area contributed by atoms with Crippen LogP contribution in [0.1, 0.15) is 59.5 Å². The van der Waals surface area contributed by atoms with Crippen molar-refractivity contribution in [3.05, 3.63) is 46.8 Å². The zero-order chi connectivity index (χ0) is 22.0. The zero-order valence-electron chi connectivity index (χ0n) is 16.7. The van der Waals surface area contributed by atoms with Crippen molar-refractivity contribution < 1.29 is 18.8 Å². The molecule has 1 heterocycles. The van der Waals surface area contributed by atoms with Gasteiger partial charge in [0.15, 0.2) is 5.69 Å². The lowest BCUT2D eigenvalue weighted by Crippen LogP contribution is -2.40. The normalized spacial score (nSPS) is 20.7. The highest BCUT2D eigenvalue weighted by molar-refractivity contribution is 6.33. The SMILES string of the molecule is O=C(NC1CC1)c1nc[nH]c1C(=O)N[C@H]1CC[C@H](C(=O)Nc2ccc(F)cc2Cl)CC1.